The lowest BCUT2D eigenvalue weighted by molar-refractivity contribution is 0.0564. The number of aromatic nitrogens is 5. The van der Waals surface area contributed by atoms with Gasteiger partial charge in [0.25, 0.3) is 10.0 Å². The number of aryl methyl sites for hydroxylation is 2. The number of alkyl halides is 2. The van der Waals surface area contributed by atoms with Crippen LogP contribution in [0.15, 0.2) is 46.3 Å². The molecule has 27 heavy (non-hydrogen) atoms. The molecule has 4 rings (SSSR count). The highest BCUT2D eigenvalue weighted by molar-refractivity contribution is 7.90. The SMILES string of the molecule is Cc1noc(C)c1-c1cnc2ccn(S(=O)(=O)c3cnn(C(F)F)c3)c2c1. The lowest BCUT2D eigenvalue weighted by atomic mass is 10.1. The van der Waals surface area contributed by atoms with Crippen molar-refractivity contribution in [3.63, 3.8) is 0 Å². The summed E-state index contributed by atoms with van der Waals surface area (Å²) in [6.07, 6.45) is 4.60. The Kier molecular flexibility index (Phi) is 3.84. The zero-order valence-corrected chi connectivity index (χ0v) is 15.0. The summed E-state index contributed by atoms with van der Waals surface area (Å²) >= 11 is 0. The molecule has 0 unspecified atom stereocenters. The summed E-state index contributed by atoms with van der Waals surface area (Å²) < 4.78 is 57.6. The van der Waals surface area contributed by atoms with Crippen LogP contribution < -0.4 is 0 Å². The first kappa shape index (κ1) is 17.3. The molecule has 0 atom stereocenters. The van der Waals surface area contributed by atoms with Crippen molar-refractivity contribution in [2.24, 2.45) is 0 Å². The van der Waals surface area contributed by atoms with Crippen LogP contribution in [0.1, 0.15) is 18.0 Å². The molecule has 0 bridgehead atoms. The molecule has 0 radical (unpaired) electrons. The lowest BCUT2D eigenvalue weighted by Crippen LogP contribution is -2.11. The molecule has 11 heteroatoms. The van der Waals surface area contributed by atoms with E-state index in [9.17, 15) is 17.2 Å². The van der Waals surface area contributed by atoms with Crippen molar-refractivity contribution >= 4 is 21.1 Å². The van der Waals surface area contributed by atoms with Gasteiger partial charge >= 0.3 is 6.55 Å². The Hall–Kier alpha value is -3.08. The number of pyridine rings is 1. The first-order valence-corrected chi connectivity index (χ1v) is 9.21. The van der Waals surface area contributed by atoms with Gasteiger partial charge in [0.2, 0.25) is 0 Å². The molecule has 4 aromatic rings. The first-order chi connectivity index (χ1) is 12.8. The molecule has 0 aliphatic rings. The van der Waals surface area contributed by atoms with Gasteiger partial charge in [-0.25, -0.2) is 17.1 Å². The highest BCUT2D eigenvalue weighted by Gasteiger charge is 2.23. The van der Waals surface area contributed by atoms with E-state index in [1.54, 1.807) is 26.1 Å². The van der Waals surface area contributed by atoms with E-state index >= 15 is 0 Å². The number of nitrogens with zero attached hydrogens (tertiary/aromatic N) is 5. The molecular formula is C16H13F2N5O3S. The fraction of sp³-hybridized carbons (Fsp3) is 0.188. The van der Waals surface area contributed by atoms with Crippen molar-refractivity contribution in [2.75, 3.05) is 0 Å². The average Bonchev–Trinajstić information content (AvgIpc) is 3.33. The molecule has 0 fully saturated rings. The van der Waals surface area contributed by atoms with Crippen molar-refractivity contribution in [3.05, 3.63) is 48.4 Å². The summed E-state index contributed by atoms with van der Waals surface area (Å²) in [7, 11) is -4.12. The van der Waals surface area contributed by atoms with Gasteiger partial charge in [0, 0.05) is 23.5 Å². The highest BCUT2D eigenvalue weighted by atomic mass is 32.2. The van der Waals surface area contributed by atoms with Gasteiger partial charge in [-0.15, -0.1) is 0 Å². The second-order valence-electron chi connectivity index (χ2n) is 5.88. The van der Waals surface area contributed by atoms with Crippen molar-refractivity contribution in [1.29, 1.82) is 0 Å². The molecule has 0 spiro atoms. The van der Waals surface area contributed by atoms with Gasteiger partial charge in [-0.1, -0.05) is 5.16 Å². The van der Waals surface area contributed by atoms with Crippen LogP contribution in [0.4, 0.5) is 8.78 Å². The van der Waals surface area contributed by atoms with E-state index in [2.05, 4.69) is 15.2 Å². The monoisotopic (exact) mass is 393 g/mol. The van der Waals surface area contributed by atoms with Crippen LogP contribution in [-0.4, -0.2) is 32.3 Å². The largest absolute Gasteiger partial charge is 0.361 e. The average molecular weight is 393 g/mol. The van der Waals surface area contributed by atoms with Crippen molar-refractivity contribution in [1.82, 2.24) is 23.9 Å². The molecule has 0 amide bonds. The van der Waals surface area contributed by atoms with Crippen LogP contribution in [0.25, 0.3) is 22.2 Å². The Bertz CT molecular complexity index is 1240. The summed E-state index contributed by atoms with van der Waals surface area (Å²) in [5.41, 5.74) is 2.75. The van der Waals surface area contributed by atoms with Gasteiger partial charge in [-0.3, -0.25) is 4.98 Å². The Morgan fingerprint density at radius 3 is 2.63 bits per heavy atom. The Morgan fingerprint density at radius 2 is 2.00 bits per heavy atom. The van der Waals surface area contributed by atoms with Crippen molar-refractivity contribution < 1.29 is 21.7 Å². The van der Waals surface area contributed by atoms with E-state index < -0.39 is 16.6 Å². The third-order valence-electron chi connectivity index (χ3n) is 4.16. The van der Waals surface area contributed by atoms with Crippen LogP contribution in [0.2, 0.25) is 0 Å². The molecule has 4 aromatic heterocycles. The van der Waals surface area contributed by atoms with E-state index in [1.807, 2.05) is 0 Å². The Morgan fingerprint density at radius 1 is 1.22 bits per heavy atom. The summed E-state index contributed by atoms with van der Waals surface area (Å²) in [5, 5.41) is 7.28. The van der Waals surface area contributed by atoms with E-state index in [-0.39, 0.29) is 9.58 Å². The second-order valence-corrected chi connectivity index (χ2v) is 7.69. The summed E-state index contributed by atoms with van der Waals surface area (Å²) in [6.45, 7) is 0.585. The molecule has 140 valence electrons. The van der Waals surface area contributed by atoms with Crippen LogP contribution in [-0.2, 0) is 10.0 Å². The normalized spacial score (nSPS) is 12.3. The van der Waals surface area contributed by atoms with Crippen LogP contribution in [0, 0.1) is 13.8 Å². The Labute approximate surface area is 152 Å². The summed E-state index contributed by atoms with van der Waals surface area (Å²) in [6, 6.07) is 3.17. The topological polar surface area (TPSA) is 95.8 Å². The molecule has 0 aliphatic carbocycles. The smallest absolute Gasteiger partial charge is 0.333 e. The molecule has 4 heterocycles. The molecule has 8 nitrogen and oxygen atoms in total. The molecule has 0 aliphatic heterocycles. The maximum Gasteiger partial charge on any atom is 0.333 e. The highest BCUT2D eigenvalue weighted by Crippen LogP contribution is 2.30. The van der Waals surface area contributed by atoms with Crippen LogP contribution in [0.5, 0.6) is 0 Å². The molecule has 0 saturated heterocycles. The van der Waals surface area contributed by atoms with Gasteiger partial charge < -0.3 is 4.52 Å². The molecule has 0 saturated carbocycles. The van der Waals surface area contributed by atoms with E-state index in [4.69, 9.17) is 4.52 Å². The molecule has 0 N–H and O–H groups in total. The van der Waals surface area contributed by atoms with Crippen LogP contribution in [0.3, 0.4) is 0 Å². The summed E-state index contributed by atoms with van der Waals surface area (Å²) in [5.74, 6) is 0.577. The van der Waals surface area contributed by atoms with Crippen LogP contribution >= 0.6 is 0 Å². The van der Waals surface area contributed by atoms with Crippen molar-refractivity contribution in [3.8, 4) is 11.1 Å². The zero-order valence-electron chi connectivity index (χ0n) is 14.2. The van der Waals surface area contributed by atoms with Gasteiger partial charge in [0.15, 0.2) is 0 Å². The minimum absolute atomic E-state index is 0.284. The first-order valence-electron chi connectivity index (χ1n) is 7.77. The second kappa shape index (κ2) is 5.98. The number of rotatable bonds is 4. The minimum atomic E-state index is -4.12. The Balaban J connectivity index is 1.88. The van der Waals surface area contributed by atoms with Gasteiger partial charge in [-0.2, -0.15) is 13.9 Å². The fourth-order valence-corrected chi connectivity index (χ4v) is 4.18. The predicted octanol–water partition coefficient (Wildman–Crippen LogP) is 3.14. The summed E-state index contributed by atoms with van der Waals surface area (Å²) in [4.78, 5) is 3.94. The lowest BCUT2D eigenvalue weighted by Gasteiger charge is -2.07. The maximum absolute atomic E-state index is 12.9. The van der Waals surface area contributed by atoms with E-state index in [0.717, 1.165) is 21.9 Å². The number of hydrogen-bond donors (Lipinski definition) is 0. The third kappa shape index (κ3) is 2.70. The number of halogens is 2. The third-order valence-corrected chi connectivity index (χ3v) is 5.80. The van der Waals surface area contributed by atoms with E-state index in [1.165, 1.54) is 12.3 Å². The van der Waals surface area contributed by atoms with Crippen molar-refractivity contribution in [2.45, 2.75) is 25.3 Å². The minimum Gasteiger partial charge on any atom is -0.361 e. The molecular weight excluding hydrogens is 380 g/mol. The van der Waals surface area contributed by atoms with Gasteiger partial charge in [0.05, 0.1) is 29.1 Å². The van der Waals surface area contributed by atoms with Gasteiger partial charge in [0.1, 0.15) is 10.7 Å². The van der Waals surface area contributed by atoms with E-state index in [0.29, 0.717) is 28.1 Å². The quantitative estimate of drug-likeness (QED) is 0.529. The number of hydrogen-bond acceptors (Lipinski definition) is 6. The fourth-order valence-electron chi connectivity index (χ4n) is 2.90. The predicted molar refractivity (Wildman–Crippen MR) is 90.8 cm³/mol. The standard InChI is InChI=1S/C16H13F2N5O3S/c1-9-15(10(2)26-21-9)11-5-14-13(19-6-11)3-4-23(14)27(24,25)12-7-20-22(8-12)16(17)18/h3-8,16H,1-2H3. The number of fused-ring (bicyclic) bond motifs is 1. The zero-order chi connectivity index (χ0) is 19.3. The molecule has 0 aromatic carbocycles. The van der Waals surface area contributed by atoms with Gasteiger partial charge in [-0.05, 0) is 26.0 Å². The maximum atomic E-state index is 12.9.